The van der Waals surface area contributed by atoms with E-state index in [2.05, 4.69) is 5.32 Å². The molecule has 1 rings (SSSR count). The molecule has 0 saturated heterocycles. The van der Waals surface area contributed by atoms with Crippen molar-refractivity contribution in [2.75, 3.05) is 20.2 Å². The average Bonchev–Trinajstić information content (AvgIpc) is 2.38. The Morgan fingerprint density at radius 1 is 1.53 bits per heavy atom. The van der Waals surface area contributed by atoms with E-state index in [9.17, 15) is 9.18 Å². The van der Waals surface area contributed by atoms with Gasteiger partial charge in [0.1, 0.15) is 11.6 Å². The van der Waals surface area contributed by atoms with E-state index in [4.69, 9.17) is 10.5 Å². The van der Waals surface area contributed by atoms with Crippen LogP contribution in [0.15, 0.2) is 18.2 Å². The van der Waals surface area contributed by atoms with Crippen molar-refractivity contribution < 1.29 is 13.9 Å². The van der Waals surface area contributed by atoms with Crippen LogP contribution in [-0.2, 0) is 11.2 Å². The van der Waals surface area contributed by atoms with Gasteiger partial charge >= 0.3 is 0 Å². The summed E-state index contributed by atoms with van der Waals surface area (Å²) in [5.74, 6) is 0.460. The van der Waals surface area contributed by atoms with E-state index in [-0.39, 0.29) is 17.6 Å². The van der Waals surface area contributed by atoms with Crippen LogP contribution in [0.5, 0.6) is 5.75 Å². The summed E-state index contributed by atoms with van der Waals surface area (Å²) < 4.78 is 18.3. The maximum atomic E-state index is 13.1. The lowest BCUT2D eigenvalue weighted by atomic mass is 10.1. The molecule has 1 amide bonds. The topological polar surface area (TPSA) is 64.3 Å². The van der Waals surface area contributed by atoms with Gasteiger partial charge in [-0.3, -0.25) is 4.79 Å². The normalized spacial score (nSPS) is 12.0. The second kappa shape index (κ2) is 7.74. The fourth-order valence-corrected chi connectivity index (χ4v) is 1.75. The zero-order valence-corrected chi connectivity index (χ0v) is 11.4. The predicted octanol–water partition coefficient (Wildman–Crippen LogP) is 1.48. The highest BCUT2D eigenvalue weighted by molar-refractivity contribution is 5.76. The van der Waals surface area contributed by atoms with Gasteiger partial charge in [0, 0.05) is 13.0 Å². The highest BCUT2D eigenvalue weighted by Crippen LogP contribution is 2.19. The van der Waals surface area contributed by atoms with E-state index >= 15 is 0 Å². The van der Waals surface area contributed by atoms with Gasteiger partial charge in [0.05, 0.1) is 7.11 Å². The van der Waals surface area contributed by atoms with Crippen LogP contribution in [0.2, 0.25) is 0 Å². The minimum atomic E-state index is -0.307. The van der Waals surface area contributed by atoms with Crippen LogP contribution in [0.4, 0.5) is 4.39 Å². The number of halogens is 1. The summed E-state index contributed by atoms with van der Waals surface area (Å²) in [6, 6.07) is 4.36. The smallest absolute Gasteiger partial charge is 0.220 e. The van der Waals surface area contributed by atoms with Crippen LogP contribution in [0, 0.1) is 11.7 Å². The number of methoxy groups -OCH3 is 1. The second-order valence-corrected chi connectivity index (χ2v) is 4.60. The first-order valence-electron chi connectivity index (χ1n) is 6.36. The van der Waals surface area contributed by atoms with Gasteiger partial charge in [-0.2, -0.15) is 0 Å². The Balaban J connectivity index is 2.44. The molecule has 3 N–H and O–H groups in total. The van der Waals surface area contributed by atoms with Gasteiger partial charge in [0.2, 0.25) is 5.91 Å². The molecule has 0 saturated carbocycles. The van der Waals surface area contributed by atoms with Crippen LogP contribution in [0.25, 0.3) is 0 Å². The third kappa shape index (κ3) is 5.26. The molecule has 0 aliphatic rings. The molecule has 19 heavy (non-hydrogen) atoms. The Kier molecular flexibility index (Phi) is 6.29. The molecule has 4 nitrogen and oxygen atoms in total. The summed E-state index contributed by atoms with van der Waals surface area (Å²) >= 11 is 0. The van der Waals surface area contributed by atoms with Crippen molar-refractivity contribution in [2.24, 2.45) is 11.7 Å². The molecule has 1 aromatic rings. The number of carbonyl (C=O) groups excluding carboxylic acids is 1. The molecule has 1 atom stereocenters. The minimum absolute atomic E-state index is 0.0340. The van der Waals surface area contributed by atoms with Crippen molar-refractivity contribution >= 4 is 5.91 Å². The highest BCUT2D eigenvalue weighted by atomic mass is 19.1. The van der Waals surface area contributed by atoms with E-state index in [0.29, 0.717) is 31.7 Å². The molecule has 0 radical (unpaired) electrons. The average molecular weight is 268 g/mol. The van der Waals surface area contributed by atoms with Crippen molar-refractivity contribution in [3.8, 4) is 5.75 Å². The molecule has 1 unspecified atom stereocenters. The second-order valence-electron chi connectivity index (χ2n) is 4.60. The zero-order valence-electron chi connectivity index (χ0n) is 11.4. The van der Waals surface area contributed by atoms with Gasteiger partial charge in [-0.25, -0.2) is 4.39 Å². The quantitative estimate of drug-likeness (QED) is 0.787. The number of nitrogens with two attached hydrogens (primary N) is 1. The van der Waals surface area contributed by atoms with Crippen molar-refractivity contribution in [3.05, 3.63) is 29.6 Å². The molecule has 0 aromatic heterocycles. The molecule has 0 aliphatic heterocycles. The number of nitrogens with one attached hydrogen (secondary N) is 1. The number of hydrogen-bond donors (Lipinski definition) is 2. The monoisotopic (exact) mass is 268 g/mol. The minimum Gasteiger partial charge on any atom is -0.496 e. The van der Waals surface area contributed by atoms with Crippen molar-refractivity contribution in [3.63, 3.8) is 0 Å². The Morgan fingerprint density at radius 3 is 2.89 bits per heavy atom. The van der Waals surface area contributed by atoms with E-state index in [1.807, 2.05) is 6.92 Å². The summed E-state index contributed by atoms with van der Waals surface area (Å²) in [5.41, 5.74) is 6.20. The maximum Gasteiger partial charge on any atom is 0.220 e. The molecule has 0 bridgehead atoms. The van der Waals surface area contributed by atoms with Gasteiger partial charge in [-0.1, -0.05) is 6.92 Å². The molecule has 1 aromatic carbocycles. The predicted molar refractivity (Wildman–Crippen MR) is 72.5 cm³/mol. The molecule has 0 spiro atoms. The molecular formula is C14H21FN2O2. The van der Waals surface area contributed by atoms with Crippen LogP contribution in [-0.4, -0.2) is 26.1 Å². The van der Waals surface area contributed by atoms with Crippen molar-refractivity contribution in [1.29, 1.82) is 0 Å². The van der Waals surface area contributed by atoms with E-state index in [1.54, 1.807) is 6.07 Å². The van der Waals surface area contributed by atoms with Crippen molar-refractivity contribution in [1.82, 2.24) is 5.32 Å². The lowest BCUT2D eigenvalue weighted by molar-refractivity contribution is -0.121. The Morgan fingerprint density at radius 2 is 2.26 bits per heavy atom. The number of hydrogen-bond acceptors (Lipinski definition) is 3. The van der Waals surface area contributed by atoms with Gasteiger partial charge in [-0.15, -0.1) is 0 Å². The Bertz CT molecular complexity index is 424. The zero-order chi connectivity index (χ0) is 14.3. The summed E-state index contributed by atoms with van der Waals surface area (Å²) in [7, 11) is 1.54. The SMILES string of the molecule is COc1ccc(F)cc1CCNC(=O)CC(C)CN. The van der Waals surface area contributed by atoms with E-state index in [1.165, 1.54) is 19.2 Å². The third-order valence-corrected chi connectivity index (χ3v) is 2.90. The van der Waals surface area contributed by atoms with Crippen LogP contribution in [0.1, 0.15) is 18.9 Å². The summed E-state index contributed by atoms with van der Waals surface area (Å²) in [5, 5.41) is 2.79. The fraction of sp³-hybridized carbons (Fsp3) is 0.500. The van der Waals surface area contributed by atoms with Crippen LogP contribution in [0.3, 0.4) is 0 Å². The van der Waals surface area contributed by atoms with Gasteiger partial charge < -0.3 is 15.8 Å². The number of rotatable bonds is 7. The molecule has 5 heteroatoms. The first-order valence-corrected chi connectivity index (χ1v) is 6.36. The summed E-state index contributed by atoms with van der Waals surface area (Å²) in [6.45, 7) is 2.87. The number of benzene rings is 1. The summed E-state index contributed by atoms with van der Waals surface area (Å²) in [4.78, 5) is 11.6. The standard InChI is InChI=1S/C14H21FN2O2/c1-10(9-16)7-14(18)17-6-5-11-8-12(15)3-4-13(11)19-2/h3-4,8,10H,5-7,9,16H2,1-2H3,(H,17,18). The van der Waals surface area contributed by atoms with Crippen LogP contribution < -0.4 is 15.8 Å². The van der Waals surface area contributed by atoms with E-state index < -0.39 is 0 Å². The largest absolute Gasteiger partial charge is 0.496 e. The van der Waals surface area contributed by atoms with E-state index in [0.717, 1.165) is 5.56 Å². The van der Waals surface area contributed by atoms with Gasteiger partial charge in [-0.05, 0) is 42.6 Å². The first kappa shape index (κ1) is 15.4. The van der Waals surface area contributed by atoms with Gasteiger partial charge in [0.25, 0.3) is 0 Å². The molecular weight excluding hydrogens is 247 g/mol. The Labute approximate surface area is 113 Å². The highest BCUT2D eigenvalue weighted by Gasteiger charge is 2.08. The molecule has 0 aliphatic carbocycles. The third-order valence-electron chi connectivity index (χ3n) is 2.90. The summed E-state index contributed by atoms with van der Waals surface area (Å²) in [6.07, 6.45) is 0.945. The number of carbonyl (C=O) groups is 1. The lowest BCUT2D eigenvalue weighted by Crippen LogP contribution is -2.28. The lowest BCUT2D eigenvalue weighted by Gasteiger charge is -2.11. The maximum absolute atomic E-state index is 13.1. The molecule has 0 fully saturated rings. The Hall–Kier alpha value is -1.62. The van der Waals surface area contributed by atoms with Crippen molar-refractivity contribution in [2.45, 2.75) is 19.8 Å². The van der Waals surface area contributed by atoms with Gasteiger partial charge in [0.15, 0.2) is 0 Å². The number of ether oxygens (including phenoxy) is 1. The molecule has 106 valence electrons. The first-order chi connectivity index (χ1) is 9.06. The molecule has 0 heterocycles. The number of amides is 1. The van der Waals surface area contributed by atoms with Crippen LogP contribution >= 0.6 is 0 Å². The fourth-order valence-electron chi connectivity index (χ4n) is 1.75.